The second-order valence-corrected chi connectivity index (χ2v) is 10.1. The molecule has 0 fully saturated rings. The summed E-state index contributed by atoms with van der Waals surface area (Å²) in [4.78, 5) is 16.7. The Morgan fingerprint density at radius 3 is 2.51 bits per heavy atom. The van der Waals surface area contributed by atoms with Crippen LogP contribution in [0.3, 0.4) is 0 Å². The Hall–Kier alpha value is -3.97. The molecule has 192 valence electrons. The van der Waals surface area contributed by atoms with Gasteiger partial charge in [0.15, 0.2) is 0 Å². The van der Waals surface area contributed by atoms with Crippen LogP contribution in [0.25, 0.3) is 23.0 Å². The molecule has 0 amide bonds. The molecule has 0 saturated heterocycles. The van der Waals surface area contributed by atoms with E-state index in [-0.39, 0.29) is 35.3 Å². The van der Waals surface area contributed by atoms with Crippen molar-refractivity contribution in [2.75, 3.05) is 13.2 Å². The first kappa shape index (κ1) is 26.1. The lowest BCUT2D eigenvalue weighted by Gasteiger charge is -2.09. The minimum atomic E-state index is -4.78. The third kappa shape index (κ3) is 7.51. The summed E-state index contributed by atoms with van der Waals surface area (Å²) in [5, 5.41) is 8.19. The third-order valence-electron chi connectivity index (χ3n) is 4.83. The van der Waals surface area contributed by atoms with Gasteiger partial charge in [0.05, 0.1) is 19.6 Å². The number of benzene rings is 2. The molecule has 0 unspecified atom stereocenters. The Balaban J connectivity index is 1.46. The number of nitrogens with zero attached hydrogens (tertiary/aromatic N) is 4. The zero-order valence-electron chi connectivity index (χ0n) is 19.9. The smallest absolute Gasteiger partial charge is 0.491 e. The molecule has 0 aliphatic heterocycles. The molecule has 0 aliphatic carbocycles. The van der Waals surface area contributed by atoms with Crippen LogP contribution in [0.1, 0.15) is 5.56 Å². The Morgan fingerprint density at radius 2 is 1.78 bits per heavy atom. The number of hydrogen-bond donors (Lipinski definition) is 0. The lowest BCUT2D eigenvalue weighted by Crippen LogP contribution is -2.22. The first-order chi connectivity index (χ1) is 17.7. The lowest BCUT2D eigenvalue weighted by atomic mass is 10.2. The van der Waals surface area contributed by atoms with E-state index in [9.17, 15) is 18.0 Å². The van der Waals surface area contributed by atoms with Crippen LogP contribution in [0.4, 0.5) is 13.2 Å². The normalized spacial score (nSPS) is 11.4. The molecule has 0 atom stereocenters. The molecule has 2 aromatic carbocycles. The van der Waals surface area contributed by atoms with Gasteiger partial charge in [-0.2, -0.15) is 10.1 Å². The van der Waals surface area contributed by atoms with E-state index in [0.717, 1.165) is 17.7 Å². The van der Waals surface area contributed by atoms with E-state index in [2.05, 4.69) is 20.0 Å². The van der Waals surface area contributed by atoms with E-state index in [0.29, 0.717) is 24.5 Å². The highest BCUT2D eigenvalue weighted by Gasteiger charge is 2.31. The van der Waals surface area contributed by atoms with Crippen molar-refractivity contribution in [1.82, 2.24) is 19.9 Å². The highest BCUT2D eigenvalue weighted by molar-refractivity contribution is 6.48. The predicted molar refractivity (Wildman–Crippen MR) is 128 cm³/mol. The van der Waals surface area contributed by atoms with Crippen molar-refractivity contribution in [2.24, 2.45) is 0 Å². The van der Waals surface area contributed by atoms with Gasteiger partial charge in [-0.05, 0) is 48.0 Å². The van der Waals surface area contributed by atoms with Gasteiger partial charge < -0.3 is 14.0 Å². The number of hydrogen-bond acceptors (Lipinski definition) is 8. The van der Waals surface area contributed by atoms with Gasteiger partial charge in [-0.15, -0.1) is 13.2 Å². The molecule has 0 bridgehead atoms. The second-order valence-electron chi connectivity index (χ2n) is 7.96. The highest BCUT2D eigenvalue weighted by Crippen LogP contribution is 2.26. The maximum absolute atomic E-state index is 12.4. The predicted octanol–water partition coefficient (Wildman–Crippen LogP) is 4.55. The van der Waals surface area contributed by atoms with Crippen LogP contribution in [0.15, 0.2) is 70.0 Å². The van der Waals surface area contributed by atoms with Crippen molar-refractivity contribution in [2.45, 2.75) is 26.0 Å². The molecule has 0 saturated carbocycles. The molecule has 0 spiro atoms. The van der Waals surface area contributed by atoms with E-state index in [1.807, 2.05) is 37.4 Å². The number of halogens is 3. The van der Waals surface area contributed by atoms with E-state index in [1.54, 1.807) is 0 Å². The molecule has 4 aromatic rings. The lowest BCUT2D eigenvalue weighted by molar-refractivity contribution is -0.274. The van der Waals surface area contributed by atoms with Gasteiger partial charge in [-0.3, -0.25) is 4.79 Å². The van der Waals surface area contributed by atoms with Gasteiger partial charge in [0, 0.05) is 11.6 Å². The van der Waals surface area contributed by atoms with Crippen LogP contribution in [-0.2, 0) is 11.0 Å². The summed E-state index contributed by atoms with van der Waals surface area (Å²) in [5.41, 5.74) is 1.14. The van der Waals surface area contributed by atoms with E-state index in [1.165, 1.54) is 28.9 Å². The summed E-state index contributed by atoms with van der Waals surface area (Å²) in [6.07, 6.45) is -4.78. The van der Waals surface area contributed by atoms with Gasteiger partial charge in [0.25, 0.3) is 11.4 Å². The summed E-state index contributed by atoms with van der Waals surface area (Å²) in [6, 6.07) is 15.1. The monoisotopic (exact) mass is 531 g/mol. The van der Waals surface area contributed by atoms with E-state index in [4.69, 9.17) is 13.7 Å². The second kappa shape index (κ2) is 11.4. The summed E-state index contributed by atoms with van der Waals surface area (Å²) in [5.74, 6) is 0.471. The molecule has 0 radical (unpaired) electrons. The highest BCUT2D eigenvalue weighted by atomic mass is 28.3. The molecule has 9 nitrogen and oxygen atoms in total. The Kier molecular flexibility index (Phi) is 8.03. The zero-order valence-corrected chi connectivity index (χ0v) is 20.9. The zero-order chi connectivity index (χ0) is 26.4. The number of rotatable bonds is 10. The van der Waals surface area contributed by atoms with Crippen molar-refractivity contribution in [3.8, 4) is 34.5 Å². The molecule has 4 rings (SSSR count). The Labute approximate surface area is 211 Å². The first-order valence-corrected chi connectivity index (χ1v) is 13.5. The molecule has 13 heteroatoms. The van der Waals surface area contributed by atoms with Gasteiger partial charge in [-0.25, -0.2) is 9.11 Å². The van der Waals surface area contributed by atoms with E-state index >= 15 is 0 Å². The fourth-order valence-electron chi connectivity index (χ4n) is 3.24. The van der Waals surface area contributed by atoms with Crippen molar-refractivity contribution in [3.63, 3.8) is 0 Å². The summed E-state index contributed by atoms with van der Waals surface area (Å²) in [6.45, 7) is 5.21. The quantitative estimate of drug-likeness (QED) is 0.217. The maximum atomic E-state index is 12.4. The minimum Gasteiger partial charge on any atom is -0.491 e. The van der Waals surface area contributed by atoms with Gasteiger partial charge in [0.1, 0.15) is 30.4 Å². The molecular formula is C24H22F3N4O5Si+. The molecular weight excluding hydrogens is 509 g/mol. The van der Waals surface area contributed by atoms with Gasteiger partial charge in [-0.1, -0.05) is 17.3 Å². The number of ether oxygens (including phenoxy) is 2. The fourth-order valence-corrected chi connectivity index (χ4v) is 3.73. The van der Waals surface area contributed by atoms with Gasteiger partial charge in [0.2, 0.25) is 5.82 Å². The van der Waals surface area contributed by atoms with Crippen LogP contribution in [0.2, 0.25) is 13.1 Å². The number of alkyl halides is 3. The molecule has 0 aliphatic rings. The van der Waals surface area contributed by atoms with Crippen LogP contribution < -0.4 is 15.0 Å². The van der Waals surface area contributed by atoms with Crippen molar-refractivity contribution in [1.29, 1.82) is 0 Å². The Morgan fingerprint density at radius 1 is 1.00 bits per heavy atom. The van der Waals surface area contributed by atoms with Crippen molar-refractivity contribution < 1.29 is 31.6 Å². The molecule has 2 aromatic heterocycles. The summed E-state index contributed by atoms with van der Waals surface area (Å²) in [7, 11) is -0.776. The molecule has 0 N–H and O–H groups in total. The average Bonchev–Trinajstić information content (AvgIpc) is 3.33. The Bertz CT molecular complexity index is 1390. The summed E-state index contributed by atoms with van der Waals surface area (Å²) < 4.78 is 58.8. The van der Waals surface area contributed by atoms with Gasteiger partial charge >= 0.3 is 15.4 Å². The van der Waals surface area contributed by atoms with Crippen molar-refractivity contribution in [3.05, 3.63) is 76.6 Å². The summed E-state index contributed by atoms with van der Waals surface area (Å²) >= 11 is 0. The van der Waals surface area contributed by atoms with Crippen LogP contribution in [0, 0.1) is 0 Å². The van der Waals surface area contributed by atoms with Crippen molar-refractivity contribution >= 4 is 9.04 Å². The average molecular weight is 532 g/mol. The minimum absolute atomic E-state index is 0.0456. The third-order valence-corrected chi connectivity index (χ3v) is 5.61. The molecule has 2 heterocycles. The standard InChI is InChI=1S/C24H22F3N4O5Si/c1-37(2)34-13-12-33-19-5-3-4-16(14-19)15-31-21(32)11-10-20(29-31)23-28-22(30-36-23)17-6-8-18(9-7-17)35-24(25,26)27/h3-11,14H,12-13,15H2,1-2H3/q+1. The van der Waals surface area contributed by atoms with Crippen LogP contribution >= 0.6 is 0 Å². The SMILES string of the molecule is C[Si+](C)OCCOc1cccc(Cn2nc(-c3nc(-c4ccc(OC(F)(F)F)cc4)no3)ccc2=O)c1. The first-order valence-electron chi connectivity index (χ1n) is 11.1. The fraction of sp³-hybridized carbons (Fsp3) is 0.250. The maximum Gasteiger partial charge on any atom is 0.573 e. The van der Waals surface area contributed by atoms with Crippen LogP contribution in [0.5, 0.6) is 11.5 Å². The largest absolute Gasteiger partial charge is 0.573 e. The van der Waals surface area contributed by atoms with E-state index < -0.39 is 15.4 Å². The topological polar surface area (TPSA) is 102 Å². The molecule has 37 heavy (non-hydrogen) atoms. The number of aromatic nitrogens is 4. The van der Waals surface area contributed by atoms with Crippen LogP contribution in [-0.4, -0.2) is 48.5 Å².